The Kier molecular flexibility index (Phi) is 4.56. The lowest BCUT2D eigenvalue weighted by Crippen LogP contribution is -2.40. The van der Waals surface area contributed by atoms with Gasteiger partial charge >= 0.3 is 5.69 Å². The maximum Gasteiger partial charge on any atom is 0.332 e. The van der Waals surface area contributed by atoms with Crippen LogP contribution in [0.5, 0.6) is 11.5 Å². The Balaban J connectivity index is 1.64. The Morgan fingerprint density at radius 1 is 0.800 bits per heavy atom. The van der Waals surface area contributed by atoms with Gasteiger partial charge in [0.2, 0.25) is 6.79 Å². The first-order valence-corrected chi connectivity index (χ1v) is 9.83. The molecule has 0 unspecified atom stereocenters. The quantitative estimate of drug-likeness (QED) is 0.505. The highest BCUT2D eigenvalue weighted by molar-refractivity contribution is 6.30. The van der Waals surface area contributed by atoms with E-state index in [9.17, 15) is 9.59 Å². The second-order valence-corrected chi connectivity index (χ2v) is 7.53. The van der Waals surface area contributed by atoms with Gasteiger partial charge in [-0.25, -0.2) is 4.79 Å². The maximum absolute atomic E-state index is 13.4. The summed E-state index contributed by atoms with van der Waals surface area (Å²) < 4.78 is 13.7. The number of hydrogen-bond acceptors (Lipinski definition) is 4. The highest BCUT2D eigenvalue weighted by atomic mass is 35.5. The highest BCUT2D eigenvalue weighted by Crippen LogP contribution is 2.32. The van der Waals surface area contributed by atoms with E-state index < -0.39 is 0 Å². The van der Waals surface area contributed by atoms with E-state index in [0.29, 0.717) is 34.0 Å². The van der Waals surface area contributed by atoms with Crippen molar-refractivity contribution in [2.24, 2.45) is 0 Å². The first-order chi connectivity index (χ1) is 14.6. The normalized spacial score (nSPS) is 12.4. The molecule has 0 amide bonds. The second kappa shape index (κ2) is 7.39. The second-order valence-electron chi connectivity index (χ2n) is 7.09. The summed E-state index contributed by atoms with van der Waals surface area (Å²) in [4.78, 5) is 26.4. The van der Waals surface area contributed by atoms with E-state index in [1.165, 1.54) is 4.57 Å². The zero-order valence-electron chi connectivity index (χ0n) is 15.9. The van der Waals surface area contributed by atoms with Gasteiger partial charge in [0.1, 0.15) is 0 Å². The fraction of sp³-hybridized carbons (Fsp3) is 0.130. The van der Waals surface area contributed by atoms with E-state index in [0.717, 1.165) is 11.1 Å². The summed E-state index contributed by atoms with van der Waals surface area (Å²) in [6.07, 6.45) is 0. The van der Waals surface area contributed by atoms with Gasteiger partial charge in [-0.2, -0.15) is 0 Å². The van der Waals surface area contributed by atoms with Crippen molar-refractivity contribution < 1.29 is 9.47 Å². The van der Waals surface area contributed by atoms with Crippen molar-refractivity contribution in [3.63, 3.8) is 0 Å². The topological polar surface area (TPSA) is 62.5 Å². The minimum absolute atomic E-state index is 0.167. The maximum atomic E-state index is 13.4. The van der Waals surface area contributed by atoms with Crippen LogP contribution in [0.4, 0.5) is 0 Å². The predicted molar refractivity (Wildman–Crippen MR) is 115 cm³/mol. The third-order valence-corrected chi connectivity index (χ3v) is 5.42. The summed E-state index contributed by atoms with van der Waals surface area (Å²) in [5.41, 5.74) is 1.61. The van der Waals surface area contributed by atoms with Crippen LogP contribution in [-0.4, -0.2) is 15.9 Å². The van der Waals surface area contributed by atoms with Crippen LogP contribution in [0, 0.1) is 0 Å². The first-order valence-electron chi connectivity index (χ1n) is 9.45. The number of aromatic nitrogens is 2. The summed E-state index contributed by atoms with van der Waals surface area (Å²) in [6, 6.07) is 19.8. The molecule has 3 aromatic carbocycles. The predicted octanol–water partition coefficient (Wildman–Crippen LogP) is 3.64. The van der Waals surface area contributed by atoms with Crippen LogP contribution in [0.25, 0.3) is 10.9 Å². The molecule has 0 fully saturated rings. The lowest BCUT2D eigenvalue weighted by Gasteiger charge is -2.14. The number of para-hydroxylation sites is 1. The van der Waals surface area contributed by atoms with Crippen LogP contribution < -0.4 is 20.7 Å². The molecule has 1 aliphatic rings. The average Bonchev–Trinajstić information content (AvgIpc) is 3.23. The van der Waals surface area contributed by atoms with Crippen LogP contribution in [0.15, 0.2) is 76.3 Å². The molecule has 0 atom stereocenters. The zero-order valence-corrected chi connectivity index (χ0v) is 16.6. The number of fused-ring (bicyclic) bond motifs is 2. The van der Waals surface area contributed by atoms with E-state index in [1.54, 1.807) is 34.9 Å². The average molecular weight is 421 g/mol. The van der Waals surface area contributed by atoms with Gasteiger partial charge in [0.25, 0.3) is 5.56 Å². The molecule has 0 spiro atoms. The fourth-order valence-electron chi connectivity index (χ4n) is 3.66. The van der Waals surface area contributed by atoms with E-state index in [4.69, 9.17) is 21.1 Å². The lowest BCUT2D eigenvalue weighted by atomic mass is 10.1. The van der Waals surface area contributed by atoms with Crippen molar-refractivity contribution in [2.45, 2.75) is 13.1 Å². The van der Waals surface area contributed by atoms with Crippen molar-refractivity contribution in [1.82, 2.24) is 9.13 Å². The molecule has 0 bridgehead atoms. The third-order valence-electron chi connectivity index (χ3n) is 5.16. The minimum atomic E-state index is -0.369. The first kappa shape index (κ1) is 18.5. The standard InChI is InChI=1S/C23H17ClN2O4/c24-17-8-5-15(6-9-17)12-26-22(27)18-3-1-2-4-19(18)25(23(26)28)13-16-7-10-20-21(11-16)30-14-29-20/h1-11H,12-14H2. The van der Waals surface area contributed by atoms with Gasteiger partial charge in [0.15, 0.2) is 11.5 Å². The van der Waals surface area contributed by atoms with Crippen LogP contribution in [0.2, 0.25) is 5.02 Å². The molecule has 0 saturated heterocycles. The molecule has 0 radical (unpaired) electrons. The van der Waals surface area contributed by atoms with Crippen LogP contribution in [-0.2, 0) is 13.1 Å². The van der Waals surface area contributed by atoms with Crippen molar-refractivity contribution in [3.05, 3.63) is 104 Å². The monoisotopic (exact) mass is 420 g/mol. The minimum Gasteiger partial charge on any atom is -0.454 e. The molecular weight excluding hydrogens is 404 g/mol. The molecule has 0 aliphatic carbocycles. The van der Waals surface area contributed by atoms with E-state index in [2.05, 4.69) is 0 Å². The highest BCUT2D eigenvalue weighted by Gasteiger charge is 2.16. The summed E-state index contributed by atoms with van der Waals surface area (Å²) in [7, 11) is 0. The smallest absolute Gasteiger partial charge is 0.332 e. The molecule has 6 nitrogen and oxygen atoms in total. The molecule has 150 valence electrons. The third kappa shape index (κ3) is 3.25. The summed E-state index contributed by atoms with van der Waals surface area (Å²) in [5, 5.41) is 1.09. The van der Waals surface area contributed by atoms with Crippen molar-refractivity contribution >= 4 is 22.5 Å². The van der Waals surface area contributed by atoms with Gasteiger partial charge in [0, 0.05) is 5.02 Å². The van der Waals surface area contributed by atoms with E-state index in [-0.39, 0.29) is 24.6 Å². The molecule has 7 heteroatoms. The Bertz CT molecular complexity index is 1370. The Hall–Kier alpha value is -3.51. The fourth-order valence-corrected chi connectivity index (χ4v) is 3.78. The molecule has 2 heterocycles. The Labute approximate surface area is 176 Å². The molecule has 1 aromatic heterocycles. The number of benzene rings is 3. The van der Waals surface area contributed by atoms with E-state index >= 15 is 0 Å². The van der Waals surface area contributed by atoms with Crippen molar-refractivity contribution in [3.8, 4) is 11.5 Å². The van der Waals surface area contributed by atoms with Crippen molar-refractivity contribution in [1.29, 1.82) is 0 Å². The Morgan fingerprint density at radius 2 is 1.50 bits per heavy atom. The Morgan fingerprint density at radius 3 is 2.33 bits per heavy atom. The van der Waals surface area contributed by atoms with Gasteiger partial charge in [-0.3, -0.25) is 13.9 Å². The van der Waals surface area contributed by atoms with Crippen molar-refractivity contribution in [2.75, 3.05) is 6.79 Å². The van der Waals surface area contributed by atoms with Gasteiger partial charge in [-0.15, -0.1) is 0 Å². The number of rotatable bonds is 4. The zero-order chi connectivity index (χ0) is 20.7. The molecular formula is C23H17ClN2O4. The molecule has 0 saturated carbocycles. The lowest BCUT2D eigenvalue weighted by molar-refractivity contribution is 0.174. The number of halogens is 1. The molecule has 30 heavy (non-hydrogen) atoms. The van der Waals surface area contributed by atoms with Crippen LogP contribution in [0.1, 0.15) is 11.1 Å². The number of hydrogen-bond donors (Lipinski definition) is 0. The molecule has 5 rings (SSSR count). The van der Waals surface area contributed by atoms with Gasteiger partial charge in [-0.05, 0) is 47.5 Å². The summed E-state index contributed by atoms with van der Waals surface area (Å²) >= 11 is 5.96. The SMILES string of the molecule is O=c1c2ccccc2n(Cc2ccc3c(c2)OCO3)c(=O)n1Cc1ccc(Cl)cc1. The van der Waals surface area contributed by atoms with Gasteiger partial charge < -0.3 is 9.47 Å². The van der Waals surface area contributed by atoms with Gasteiger partial charge in [-0.1, -0.05) is 41.9 Å². The summed E-state index contributed by atoms with van der Waals surface area (Å²) in [5.74, 6) is 1.34. The van der Waals surface area contributed by atoms with E-state index in [1.807, 2.05) is 36.4 Å². The number of ether oxygens (including phenoxy) is 2. The molecule has 0 N–H and O–H groups in total. The summed E-state index contributed by atoms with van der Waals surface area (Å²) in [6.45, 7) is 0.658. The van der Waals surface area contributed by atoms with Gasteiger partial charge in [0.05, 0.1) is 24.0 Å². The number of nitrogens with zero attached hydrogens (tertiary/aromatic N) is 2. The molecule has 1 aliphatic heterocycles. The van der Waals surface area contributed by atoms with Crippen LogP contribution >= 0.6 is 11.6 Å². The molecule has 4 aromatic rings. The van der Waals surface area contributed by atoms with Crippen LogP contribution in [0.3, 0.4) is 0 Å². The largest absolute Gasteiger partial charge is 0.454 e.